The maximum atomic E-state index is 14.0. The summed E-state index contributed by atoms with van der Waals surface area (Å²) in [6.45, 7) is 7.99. The summed E-state index contributed by atoms with van der Waals surface area (Å²) in [5.41, 5.74) is 0.625. The number of halogens is 1. The molecule has 3 aliphatic rings. The van der Waals surface area contributed by atoms with Crippen LogP contribution in [0.25, 0.3) is 0 Å². The predicted molar refractivity (Wildman–Crippen MR) is 170 cm³/mol. The number of hydrogen-bond donors (Lipinski definition) is 1. The number of carbonyl (C=O) groups excluding carboxylic acids is 2. The second-order valence-electron chi connectivity index (χ2n) is 13.6. The number of nitro groups is 2. The monoisotopic (exact) mass is 667 g/mol. The summed E-state index contributed by atoms with van der Waals surface area (Å²) >= 11 is 6.76. The van der Waals surface area contributed by atoms with E-state index in [1.807, 2.05) is 32.6 Å². The molecule has 248 valence electrons. The van der Waals surface area contributed by atoms with Gasteiger partial charge in [0.1, 0.15) is 0 Å². The van der Waals surface area contributed by atoms with Crippen LogP contribution in [0.15, 0.2) is 52.9 Å². The molecule has 0 amide bonds. The molecule has 14 heteroatoms. The molecule has 47 heavy (non-hydrogen) atoms. The summed E-state index contributed by atoms with van der Waals surface area (Å²) in [6, 6.07) is 6.00. The van der Waals surface area contributed by atoms with E-state index in [-0.39, 0.29) is 59.6 Å². The fourth-order valence-corrected chi connectivity index (χ4v) is 7.08. The lowest BCUT2D eigenvalue weighted by molar-refractivity contribution is -0.394. The Balaban J connectivity index is 1.70. The molecule has 0 saturated heterocycles. The third kappa shape index (κ3) is 6.44. The van der Waals surface area contributed by atoms with Gasteiger partial charge in [-0.15, -0.1) is 0 Å². The number of nitro benzene ring substituents is 2. The van der Waals surface area contributed by atoms with Gasteiger partial charge in [-0.2, -0.15) is 0 Å². The first-order valence-corrected chi connectivity index (χ1v) is 15.3. The highest BCUT2D eigenvalue weighted by molar-refractivity contribution is 6.32. The van der Waals surface area contributed by atoms with Crippen molar-refractivity contribution in [3.63, 3.8) is 0 Å². The van der Waals surface area contributed by atoms with Crippen molar-refractivity contribution in [3.05, 3.63) is 83.7 Å². The molecule has 0 spiro atoms. The van der Waals surface area contributed by atoms with Crippen molar-refractivity contribution in [2.45, 2.75) is 65.7 Å². The van der Waals surface area contributed by atoms with Gasteiger partial charge in [0.15, 0.2) is 23.1 Å². The molecule has 13 nitrogen and oxygen atoms in total. The van der Waals surface area contributed by atoms with Crippen LogP contribution in [0.2, 0.25) is 5.02 Å². The third-order valence-corrected chi connectivity index (χ3v) is 9.00. The van der Waals surface area contributed by atoms with Gasteiger partial charge in [0, 0.05) is 53.9 Å². The number of rotatable bonds is 9. The van der Waals surface area contributed by atoms with Crippen LogP contribution in [0.5, 0.6) is 17.2 Å². The smallest absolute Gasteiger partial charge is 0.318 e. The Bertz CT molecular complexity index is 1760. The topological polar surface area (TPSA) is 179 Å². The number of benzene rings is 2. The zero-order chi connectivity index (χ0) is 34.6. The van der Waals surface area contributed by atoms with Crippen LogP contribution in [0, 0.1) is 31.1 Å². The number of ketones is 2. The molecule has 1 aliphatic heterocycles. The van der Waals surface area contributed by atoms with Gasteiger partial charge in [0.05, 0.1) is 34.5 Å². The minimum absolute atomic E-state index is 0.0446. The molecular weight excluding hydrogens is 634 g/mol. The molecule has 2 aliphatic carbocycles. The zero-order valence-electron chi connectivity index (χ0n) is 26.5. The lowest BCUT2D eigenvalue weighted by Crippen LogP contribution is -2.45. The number of non-ortho nitro benzene ring substituents is 1. The van der Waals surface area contributed by atoms with E-state index in [1.165, 1.54) is 13.2 Å². The highest BCUT2D eigenvalue weighted by Crippen LogP contribution is 2.56. The van der Waals surface area contributed by atoms with E-state index in [0.717, 1.165) is 18.2 Å². The van der Waals surface area contributed by atoms with Gasteiger partial charge in [-0.1, -0.05) is 39.3 Å². The number of Topliss-reactive ketones (excluding diaryl/α,β-unsaturated/α-hetero) is 2. The number of carboxylic acids is 1. The molecular formula is C33H34ClN3O10. The molecule has 0 atom stereocenters. The second kappa shape index (κ2) is 12.1. The van der Waals surface area contributed by atoms with Gasteiger partial charge < -0.3 is 19.5 Å². The summed E-state index contributed by atoms with van der Waals surface area (Å²) in [6.07, 6.45) is 1.19. The number of ether oxygens (including phenoxy) is 2. The molecule has 5 rings (SSSR count). The minimum atomic E-state index is -1.00. The fourth-order valence-electron chi connectivity index (χ4n) is 6.82. The Morgan fingerprint density at radius 2 is 1.51 bits per heavy atom. The van der Waals surface area contributed by atoms with Crippen LogP contribution < -0.4 is 9.47 Å². The van der Waals surface area contributed by atoms with Crippen molar-refractivity contribution in [1.29, 1.82) is 0 Å². The molecule has 0 saturated carbocycles. The van der Waals surface area contributed by atoms with Crippen LogP contribution in [0.4, 0.5) is 11.4 Å². The number of carbonyl (C=O) groups is 3. The van der Waals surface area contributed by atoms with Gasteiger partial charge in [-0.3, -0.25) is 34.6 Å². The molecule has 0 fully saturated rings. The number of hydrogen-bond acceptors (Lipinski definition) is 10. The Kier molecular flexibility index (Phi) is 8.65. The summed E-state index contributed by atoms with van der Waals surface area (Å²) in [5.74, 6) is -2.54. The van der Waals surface area contributed by atoms with Crippen molar-refractivity contribution in [2.24, 2.45) is 10.8 Å². The van der Waals surface area contributed by atoms with Gasteiger partial charge >= 0.3 is 11.7 Å². The Morgan fingerprint density at radius 3 is 2.00 bits per heavy atom. The SMILES string of the molecule is COc1cc(C2C3=C(CC(C)(C)CC3=O)N(CCC(=O)O)C3=C2C(=O)CC(C)(C)C3)cc(Cl)c1Oc1ccc([N+](=O)[O-])cc1[N+](=O)[O-]. The molecule has 0 aromatic heterocycles. The maximum absolute atomic E-state index is 14.0. The van der Waals surface area contributed by atoms with Gasteiger partial charge in [0.2, 0.25) is 5.75 Å². The predicted octanol–water partition coefficient (Wildman–Crippen LogP) is 7.12. The Labute approximate surface area is 275 Å². The second-order valence-corrected chi connectivity index (χ2v) is 14.0. The van der Waals surface area contributed by atoms with Crippen LogP contribution in [-0.4, -0.2) is 51.0 Å². The number of methoxy groups -OCH3 is 1. The first-order valence-electron chi connectivity index (χ1n) is 14.9. The van der Waals surface area contributed by atoms with Crippen molar-refractivity contribution in [2.75, 3.05) is 13.7 Å². The van der Waals surface area contributed by atoms with Gasteiger partial charge in [-0.25, -0.2) is 0 Å². The number of carboxylic acid groups (broad SMARTS) is 1. The van der Waals surface area contributed by atoms with Crippen LogP contribution in [-0.2, 0) is 14.4 Å². The van der Waals surface area contributed by atoms with Crippen molar-refractivity contribution in [1.82, 2.24) is 4.90 Å². The standard InChI is InChI=1S/C33H34ClN3O10/c1-32(2)13-21-29(23(38)15-32)28(30-22(35(21)9-8-27(40)41)14-33(3,4)16-24(30)39)17-10-19(34)31(26(11-17)46-5)47-25-7-6-18(36(42)43)12-20(25)37(44)45/h6-7,10-12,28H,8-9,13-16H2,1-5H3,(H,40,41). The van der Waals surface area contributed by atoms with Crippen LogP contribution in [0.1, 0.15) is 71.3 Å². The molecule has 1 N–H and O–H groups in total. The van der Waals surface area contributed by atoms with Crippen molar-refractivity contribution >= 4 is 40.5 Å². The summed E-state index contributed by atoms with van der Waals surface area (Å²) in [7, 11) is 1.33. The van der Waals surface area contributed by atoms with E-state index in [9.17, 15) is 39.7 Å². The Hall–Kier alpha value is -4.78. The molecule has 2 aromatic carbocycles. The van der Waals surface area contributed by atoms with E-state index in [4.69, 9.17) is 21.1 Å². The summed E-state index contributed by atoms with van der Waals surface area (Å²) < 4.78 is 11.4. The van der Waals surface area contributed by atoms with E-state index in [0.29, 0.717) is 40.9 Å². The van der Waals surface area contributed by atoms with Gasteiger partial charge in [-0.05, 0) is 47.4 Å². The maximum Gasteiger partial charge on any atom is 0.318 e. The molecule has 0 bridgehead atoms. The van der Waals surface area contributed by atoms with E-state index < -0.39 is 43.9 Å². The number of aliphatic carboxylic acids is 1. The third-order valence-electron chi connectivity index (χ3n) is 8.72. The Morgan fingerprint density at radius 1 is 0.936 bits per heavy atom. The quantitative estimate of drug-likeness (QED) is 0.212. The highest BCUT2D eigenvalue weighted by Gasteiger charge is 2.49. The van der Waals surface area contributed by atoms with E-state index in [2.05, 4.69) is 0 Å². The normalized spacial score (nSPS) is 18.9. The van der Waals surface area contributed by atoms with Crippen LogP contribution in [0.3, 0.4) is 0 Å². The molecule has 1 heterocycles. The fraction of sp³-hybridized carbons (Fsp3) is 0.424. The van der Waals surface area contributed by atoms with Crippen molar-refractivity contribution in [3.8, 4) is 17.2 Å². The van der Waals surface area contributed by atoms with Crippen molar-refractivity contribution < 1.29 is 38.8 Å². The van der Waals surface area contributed by atoms with Gasteiger partial charge in [0.25, 0.3) is 5.69 Å². The van der Waals surface area contributed by atoms with E-state index >= 15 is 0 Å². The molecule has 0 unspecified atom stereocenters. The van der Waals surface area contributed by atoms with Crippen LogP contribution >= 0.6 is 11.6 Å². The van der Waals surface area contributed by atoms with E-state index in [1.54, 1.807) is 6.07 Å². The average Bonchev–Trinajstić information content (AvgIpc) is 2.95. The first kappa shape index (κ1) is 33.6. The summed E-state index contributed by atoms with van der Waals surface area (Å²) in [4.78, 5) is 63.0. The molecule has 2 aromatic rings. The number of allylic oxidation sites excluding steroid dienone is 4. The zero-order valence-corrected chi connectivity index (χ0v) is 27.3. The highest BCUT2D eigenvalue weighted by atomic mass is 35.5. The number of nitrogens with zero attached hydrogens (tertiary/aromatic N) is 3. The minimum Gasteiger partial charge on any atom is -0.493 e. The largest absolute Gasteiger partial charge is 0.493 e. The average molecular weight is 668 g/mol. The lowest BCUT2D eigenvalue weighted by atomic mass is 9.63. The first-order chi connectivity index (χ1) is 21.9. The summed E-state index contributed by atoms with van der Waals surface area (Å²) in [5, 5.41) is 32.5. The molecule has 0 radical (unpaired) electrons. The lowest BCUT2D eigenvalue weighted by Gasteiger charge is -2.49.